The molecule has 3 aliphatic heterocycles. The van der Waals surface area contributed by atoms with Crippen molar-refractivity contribution in [3.63, 3.8) is 0 Å². The predicted octanol–water partition coefficient (Wildman–Crippen LogP) is 10.1. The Balaban J connectivity index is 1.06. The first-order valence-corrected chi connectivity index (χ1v) is 18.8. The monoisotopic (exact) mass is 755 g/mol. The Hall–Kier alpha value is -6.07. The van der Waals surface area contributed by atoms with Crippen LogP contribution < -0.4 is 15.1 Å². The maximum atomic E-state index is 14.1. The average molecular weight is 756 g/mol. The van der Waals surface area contributed by atoms with E-state index in [4.69, 9.17) is 9.98 Å². The van der Waals surface area contributed by atoms with E-state index < -0.39 is 0 Å². The molecular formula is C44H29N5O2S3. The van der Waals surface area contributed by atoms with E-state index in [1.165, 1.54) is 0 Å². The maximum Gasteiger partial charge on any atom is 0.282 e. The van der Waals surface area contributed by atoms with Gasteiger partial charge in [0.05, 0.1) is 22.7 Å². The molecule has 9 rings (SSSR count). The molecule has 7 nitrogen and oxygen atoms in total. The highest BCUT2D eigenvalue weighted by Crippen LogP contribution is 2.47. The summed E-state index contributed by atoms with van der Waals surface area (Å²) < 4.78 is 0. The molecule has 1 N–H and O–H groups in total. The molecule has 6 aromatic carbocycles. The SMILES string of the molecule is O=C1/C(=C/c2ccccc2S)N=C(c2ccccc2)N1c1ccc2c(c1)Sc1cc(N3C(=O)/C(=C/c4ccccc4S)N=C3c3ccccc3)ccc1N2. The van der Waals surface area contributed by atoms with E-state index in [9.17, 15) is 9.59 Å². The number of amides is 2. The highest BCUT2D eigenvalue weighted by atomic mass is 32.2. The standard InChI is InChI=1S/C44H29N5O2S3/c50-43-35(23-29-15-7-9-17-37(29)52)46-41(27-11-3-1-4-12-27)48(43)31-19-21-33-39(25-31)54-40-26-32(20-22-34(40)45-33)49-42(28-13-5-2-6-14-28)47-36(44(49)51)24-30-16-8-10-18-38(30)53/h1-26,45,52-53H/b35-23-,36-24-. The number of nitrogens with zero attached hydrogens (tertiary/aromatic N) is 4. The number of amidine groups is 2. The van der Waals surface area contributed by atoms with Gasteiger partial charge in [-0.3, -0.25) is 19.4 Å². The van der Waals surface area contributed by atoms with Crippen LogP contribution in [0.1, 0.15) is 22.3 Å². The van der Waals surface area contributed by atoms with Crippen LogP contribution >= 0.6 is 37.0 Å². The number of benzene rings is 6. The Kier molecular flexibility index (Phi) is 8.78. The van der Waals surface area contributed by atoms with Crippen molar-refractivity contribution < 1.29 is 9.59 Å². The summed E-state index contributed by atoms with van der Waals surface area (Å²) in [4.78, 5) is 44.7. The summed E-state index contributed by atoms with van der Waals surface area (Å²) in [5, 5.41) is 3.55. The van der Waals surface area contributed by atoms with Crippen molar-refractivity contribution in [2.75, 3.05) is 15.1 Å². The third-order valence-electron chi connectivity index (χ3n) is 9.18. The third kappa shape index (κ3) is 6.24. The number of anilines is 4. The van der Waals surface area contributed by atoms with Crippen molar-refractivity contribution in [2.45, 2.75) is 19.6 Å². The van der Waals surface area contributed by atoms with Crippen LogP contribution in [0.15, 0.2) is 187 Å². The smallest absolute Gasteiger partial charge is 0.282 e. The molecule has 0 aromatic heterocycles. The van der Waals surface area contributed by atoms with Gasteiger partial charge in [0.1, 0.15) is 23.1 Å². The first-order chi connectivity index (χ1) is 26.4. The Morgan fingerprint density at radius 1 is 0.519 bits per heavy atom. The number of fused-ring (bicyclic) bond motifs is 2. The van der Waals surface area contributed by atoms with Crippen molar-refractivity contribution in [3.05, 3.63) is 179 Å². The lowest BCUT2D eigenvalue weighted by Gasteiger charge is -2.26. The molecule has 0 aliphatic carbocycles. The number of aliphatic imine (C=N–C) groups is 2. The summed E-state index contributed by atoms with van der Waals surface area (Å²) in [6.07, 6.45) is 3.56. The van der Waals surface area contributed by atoms with Gasteiger partial charge in [-0.05, 0) is 71.8 Å². The molecular weight excluding hydrogens is 727 g/mol. The first kappa shape index (κ1) is 33.7. The number of nitrogens with one attached hydrogen (secondary N) is 1. The second-order valence-corrected chi connectivity index (χ2v) is 14.7. The van der Waals surface area contributed by atoms with Gasteiger partial charge in [-0.1, -0.05) is 109 Å². The van der Waals surface area contributed by atoms with E-state index in [-0.39, 0.29) is 11.8 Å². The molecule has 10 heteroatoms. The number of carbonyl (C=O) groups excluding carboxylic acids is 2. The molecule has 0 atom stereocenters. The lowest BCUT2D eigenvalue weighted by molar-refractivity contribution is -0.114. The lowest BCUT2D eigenvalue weighted by Crippen LogP contribution is -2.32. The van der Waals surface area contributed by atoms with Crippen LogP contribution in [-0.2, 0) is 9.59 Å². The maximum absolute atomic E-state index is 14.1. The Morgan fingerprint density at radius 3 is 1.35 bits per heavy atom. The van der Waals surface area contributed by atoms with Gasteiger partial charge < -0.3 is 5.32 Å². The Labute approximate surface area is 327 Å². The summed E-state index contributed by atoms with van der Waals surface area (Å²) in [7, 11) is 0. The zero-order chi connectivity index (χ0) is 36.8. The zero-order valence-electron chi connectivity index (χ0n) is 28.4. The summed E-state index contributed by atoms with van der Waals surface area (Å²) in [6, 6.07) is 46.5. The van der Waals surface area contributed by atoms with E-state index in [0.29, 0.717) is 34.4 Å². The molecule has 3 heterocycles. The van der Waals surface area contributed by atoms with E-state index in [1.807, 2.05) is 146 Å². The van der Waals surface area contributed by atoms with Gasteiger partial charge in [0, 0.05) is 30.7 Å². The molecule has 0 saturated carbocycles. The van der Waals surface area contributed by atoms with Gasteiger partial charge in [-0.2, -0.15) is 0 Å². The van der Waals surface area contributed by atoms with E-state index in [0.717, 1.165) is 53.2 Å². The Bertz CT molecular complexity index is 2460. The highest BCUT2D eigenvalue weighted by molar-refractivity contribution is 7.99. The molecule has 0 saturated heterocycles. The first-order valence-electron chi connectivity index (χ1n) is 17.1. The van der Waals surface area contributed by atoms with Crippen molar-refractivity contribution in [1.82, 2.24) is 0 Å². The molecule has 6 aromatic rings. The fourth-order valence-corrected chi connectivity index (χ4v) is 8.03. The van der Waals surface area contributed by atoms with E-state index in [2.05, 4.69) is 30.6 Å². The van der Waals surface area contributed by atoms with Gasteiger partial charge in [0.2, 0.25) is 0 Å². The molecule has 0 unspecified atom stereocenters. The van der Waals surface area contributed by atoms with Crippen molar-refractivity contribution in [2.24, 2.45) is 9.98 Å². The number of thiol groups is 2. The van der Waals surface area contributed by atoms with Gasteiger partial charge in [0.25, 0.3) is 11.8 Å². The highest BCUT2D eigenvalue weighted by Gasteiger charge is 2.35. The minimum absolute atomic E-state index is 0.230. The summed E-state index contributed by atoms with van der Waals surface area (Å²) in [5.74, 6) is 0.632. The zero-order valence-corrected chi connectivity index (χ0v) is 31.0. The minimum Gasteiger partial charge on any atom is -0.354 e. The van der Waals surface area contributed by atoms with Gasteiger partial charge in [-0.15, -0.1) is 25.3 Å². The fraction of sp³-hybridized carbons (Fsp3) is 0. The molecule has 260 valence electrons. The van der Waals surface area contributed by atoms with Crippen LogP contribution in [-0.4, -0.2) is 23.5 Å². The minimum atomic E-state index is -0.230. The van der Waals surface area contributed by atoms with Crippen LogP contribution in [0, 0.1) is 0 Å². The molecule has 0 bridgehead atoms. The van der Waals surface area contributed by atoms with Crippen molar-refractivity contribution >= 4 is 95.4 Å². The second-order valence-electron chi connectivity index (χ2n) is 12.6. The quantitative estimate of drug-likeness (QED) is 0.117. The molecule has 2 amide bonds. The number of hydrogen-bond donors (Lipinski definition) is 3. The van der Waals surface area contributed by atoms with Gasteiger partial charge in [0.15, 0.2) is 0 Å². The molecule has 0 spiro atoms. The van der Waals surface area contributed by atoms with Crippen molar-refractivity contribution in [1.29, 1.82) is 0 Å². The molecule has 0 fully saturated rings. The van der Waals surface area contributed by atoms with Gasteiger partial charge in [-0.25, -0.2) is 9.98 Å². The van der Waals surface area contributed by atoms with Gasteiger partial charge >= 0.3 is 0 Å². The van der Waals surface area contributed by atoms with Crippen LogP contribution in [0.3, 0.4) is 0 Å². The summed E-state index contributed by atoms with van der Waals surface area (Å²) in [5.41, 5.74) is 7.11. The van der Waals surface area contributed by atoms with Crippen LogP contribution in [0.5, 0.6) is 0 Å². The fourth-order valence-electron chi connectivity index (χ4n) is 6.53. The molecule has 3 aliphatic rings. The molecule has 0 radical (unpaired) electrons. The number of carbonyl (C=O) groups is 2. The Morgan fingerprint density at radius 2 is 0.926 bits per heavy atom. The van der Waals surface area contributed by atoms with Crippen LogP contribution in [0.25, 0.3) is 12.2 Å². The topological polar surface area (TPSA) is 77.4 Å². The largest absolute Gasteiger partial charge is 0.354 e. The molecule has 54 heavy (non-hydrogen) atoms. The van der Waals surface area contributed by atoms with E-state index in [1.54, 1.807) is 33.7 Å². The predicted molar refractivity (Wildman–Crippen MR) is 225 cm³/mol. The van der Waals surface area contributed by atoms with E-state index >= 15 is 0 Å². The third-order valence-corrected chi connectivity index (χ3v) is 11.1. The summed E-state index contributed by atoms with van der Waals surface area (Å²) >= 11 is 10.8. The number of rotatable bonds is 6. The number of hydrogen-bond acceptors (Lipinski definition) is 8. The normalized spacial score (nSPS) is 16.3. The van der Waals surface area contributed by atoms with Crippen LogP contribution in [0.2, 0.25) is 0 Å². The summed E-state index contributed by atoms with van der Waals surface area (Å²) in [6.45, 7) is 0. The van der Waals surface area contributed by atoms with Crippen LogP contribution in [0.4, 0.5) is 22.7 Å². The second kappa shape index (κ2) is 14.1. The van der Waals surface area contributed by atoms with Crippen molar-refractivity contribution in [3.8, 4) is 0 Å². The lowest BCUT2D eigenvalue weighted by atomic mass is 10.1. The average Bonchev–Trinajstić information content (AvgIpc) is 3.71.